The summed E-state index contributed by atoms with van der Waals surface area (Å²) in [6.07, 6.45) is 7.72. The van der Waals surface area contributed by atoms with Crippen LogP contribution in [0.1, 0.15) is 76.4 Å². The van der Waals surface area contributed by atoms with E-state index >= 15 is 0 Å². The molecule has 0 saturated heterocycles. The zero-order valence-electron chi connectivity index (χ0n) is 14.4. The van der Waals surface area contributed by atoms with E-state index in [1.165, 1.54) is 14.2 Å². The van der Waals surface area contributed by atoms with Crippen LogP contribution >= 0.6 is 0 Å². The SMILES string of the molecule is CCCCCc1cc(C(=O)OC)c2c(c1C(=O)OC)CCCC2. The number of carbonyl (C=O) groups excluding carboxylic acids is 2. The lowest BCUT2D eigenvalue weighted by atomic mass is 9.81. The molecule has 2 rings (SSSR count). The molecule has 0 aliphatic heterocycles. The summed E-state index contributed by atoms with van der Waals surface area (Å²) in [6.45, 7) is 2.15. The molecule has 23 heavy (non-hydrogen) atoms. The third kappa shape index (κ3) is 3.74. The molecule has 1 aromatic carbocycles. The summed E-state index contributed by atoms with van der Waals surface area (Å²) in [4.78, 5) is 24.5. The maximum Gasteiger partial charge on any atom is 0.338 e. The number of benzene rings is 1. The summed E-state index contributed by atoms with van der Waals surface area (Å²) >= 11 is 0. The van der Waals surface area contributed by atoms with Crippen molar-refractivity contribution in [3.63, 3.8) is 0 Å². The van der Waals surface area contributed by atoms with Crippen LogP contribution in [0, 0.1) is 0 Å². The van der Waals surface area contributed by atoms with E-state index in [1.807, 2.05) is 6.07 Å². The Hall–Kier alpha value is -1.84. The number of fused-ring (bicyclic) bond motifs is 1. The van der Waals surface area contributed by atoms with Gasteiger partial charge in [-0.3, -0.25) is 0 Å². The summed E-state index contributed by atoms with van der Waals surface area (Å²) < 4.78 is 9.98. The summed E-state index contributed by atoms with van der Waals surface area (Å²) in [5, 5.41) is 0. The largest absolute Gasteiger partial charge is 0.465 e. The molecule has 0 spiro atoms. The van der Waals surface area contributed by atoms with Crippen LogP contribution in [0.3, 0.4) is 0 Å². The van der Waals surface area contributed by atoms with Crippen LogP contribution in [0.5, 0.6) is 0 Å². The van der Waals surface area contributed by atoms with Crippen molar-refractivity contribution in [1.82, 2.24) is 0 Å². The van der Waals surface area contributed by atoms with Gasteiger partial charge in [0.05, 0.1) is 25.3 Å². The van der Waals surface area contributed by atoms with Gasteiger partial charge in [0.15, 0.2) is 0 Å². The van der Waals surface area contributed by atoms with Gasteiger partial charge in [-0.1, -0.05) is 19.8 Å². The van der Waals surface area contributed by atoms with Gasteiger partial charge in [-0.2, -0.15) is 0 Å². The number of carbonyl (C=O) groups is 2. The number of aryl methyl sites for hydroxylation is 1. The smallest absolute Gasteiger partial charge is 0.338 e. The van der Waals surface area contributed by atoms with Crippen LogP contribution in [-0.2, 0) is 28.7 Å². The zero-order chi connectivity index (χ0) is 16.8. The Kier molecular flexibility index (Phi) is 6.20. The van der Waals surface area contributed by atoms with Crippen molar-refractivity contribution in [1.29, 1.82) is 0 Å². The fraction of sp³-hybridized carbons (Fsp3) is 0.579. The van der Waals surface area contributed by atoms with E-state index < -0.39 is 0 Å². The molecule has 0 aromatic heterocycles. The minimum Gasteiger partial charge on any atom is -0.465 e. The molecule has 4 heteroatoms. The highest BCUT2D eigenvalue weighted by molar-refractivity contribution is 5.98. The topological polar surface area (TPSA) is 52.6 Å². The van der Waals surface area contributed by atoms with Crippen LogP contribution in [0.4, 0.5) is 0 Å². The fourth-order valence-corrected chi connectivity index (χ4v) is 3.42. The Bertz CT molecular complexity index is 590. The van der Waals surface area contributed by atoms with Gasteiger partial charge >= 0.3 is 11.9 Å². The van der Waals surface area contributed by atoms with Crippen LogP contribution < -0.4 is 0 Å². The van der Waals surface area contributed by atoms with Crippen molar-refractivity contribution >= 4 is 11.9 Å². The lowest BCUT2D eigenvalue weighted by molar-refractivity contribution is 0.0582. The number of methoxy groups -OCH3 is 2. The standard InChI is InChI=1S/C19H26O4/c1-4-5-6-9-13-12-16(18(20)22-2)14-10-7-8-11-15(14)17(13)19(21)23-3/h12H,4-11H2,1-3H3. The predicted octanol–water partition coefficient (Wildman–Crippen LogP) is 3.87. The second kappa shape index (κ2) is 8.14. The van der Waals surface area contributed by atoms with E-state index in [2.05, 4.69) is 6.92 Å². The van der Waals surface area contributed by atoms with Crippen LogP contribution in [-0.4, -0.2) is 26.2 Å². The molecule has 0 fully saturated rings. The minimum absolute atomic E-state index is 0.286. The summed E-state index contributed by atoms with van der Waals surface area (Å²) in [6, 6.07) is 1.86. The van der Waals surface area contributed by atoms with E-state index in [0.717, 1.165) is 68.1 Å². The molecule has 1 aliphatic rings. The Morgan fingerprint density at radius 2 is 1.65 bits per heavy atom. The van der Waals surface area contributed by atoms with Crippen LogP contribution in [0.2, 0.25) is 0 Å². The Labute approximate surface area is 138 Å². The van der Waals surface area contributed by atoms with Gasteiger partial charge in [0.25, 0.3) is 0 Å². The van der Waals surface area contributed by atoms with Gasteiger partial charge in [-0.15, -0.1) is 0 Å². The molecule has 0 radical (unpaired) electrons. The van der Waals surface area contributed by atoms with Gasteiger partial charge in [0.1, 0.15) is 0 Å². The molecule has 0 N–H and O–H groups in total. The monoisotopic (exact) mass is 318 g/mol. The normalized spacial score (nSPS) is 13.3. The molecule has 4 nitrogen and oxygen atoms in total. The highest BCUT2D eigenvalue weighted by Gasteiger charge is 2.27. The van der Waals surface area contributed by atoms with Crippen molar-refractivity contribution in [2.24, 2.45) is 0 Å². The predicted molar refractivity (Wildman–Crippen MR) is 89.0 cm³/mol. The zero-order valence-corrected chi connectivity index (χ0v) is 14.4. The second-order valence-electron chi connectivity index (χ2n) is 6.06. The Balaban J connectivity index is 2.57. The van der Waals surface area contributed by atoms with E-state index in [0.29, 0.717) is 11.1 Å². The van der Waals surface area contributed by atoms with Gasteiger partial charge in [0, 0.05) is 0 Å². The molecule has 0 saturated carbocycles. The van der Waals surface area contributed by atoms with Crippen molar-refractivity contribution in [3.8, 4) is 0 Å². The molecule has 0 unspecified atom stereocenters. The number of hydrogen-bond acceptors (Lipinski definition) is 4. The number of unbranched alkanes of at least 4 members (excludes halogenated alkanes) is 2. The third-order valence-electron chi connectivity index (χ3n) is 4.58. The summed E-state index contributed by atoms with van der Waals surface area (Å²) in [7, 11) is 2.82. The van der Waals surface area contributed by atoms with E-state index in [-0.39, 0.29) is 11.9 Å². The van der Waals surface area contributed by atoms with Gasteiger partial charge in [-0.25, -0.2) is 9.59 Å². The average molecular weight is 318 g/mol. The van der Waals surface area contributed by atoms with E-state index in [4.69, 9.17) is 9.47 Å². The number of esters is 2. The van der Waals surface area contributed by atoms with E-state index in [9.17, 15) is 9.59 Å². The van der Waals surface area contributed by atoms with Crippen molar-refractivity contribution in [2.45, 2.75) is 58.3 Å². The molecule has 0 bridgehead atoms. The second-order valence-corrected chi connectivity index (χ2v) is 6.06. The van der Waals surface area contributed by atoms with Crippen molar-refractivity contribution in [3.05, 3.63) is 33.9 Å². The van der Waals surface area contributed by atoms with Crippen LogP contribution in [0.25, 0.3) is 0 Å². The molecule has 0 atom stereocenters. The lowest BCUT2D eigenvalue weighted by Gasteiger charge is -2.23. The number of hydrogen-bond donors (Lipinski definition) is 0. The molecule has 0 heterocycles. The third-order valence-corrected chi connectivity index (χ3v) is 4.58. The molecule has 1 aliphatic carbocycles. The maximum atomic E-state index is 12.4. The highest BCUT2D eigenvalue weighted by Crippen LogP contribution is 2.32. The number of ether oxygens (including phenoxy) is 2. The first-order chi connectivity index (χ1) is 11.1. The lowest BCUT2D eigenvalue weighted by Crippen LogP contribution is -2.19. The van der Waals surface area contributed by atoms with Gasteiger partial charge < -0.3 is 9.47 Å². The van der Waals surface area contributed by atoms with Gasteiger partial charge in [0.2, 0.25) is 0 Å². The Morgan fingerprint density at radius 3 is 2.26 bits per heavy atom. The highest BCUT2D eigenvalue weighted by atomic mass is 16.5. The van der Waals surface area contributed by atoms with Crippen molar-refractivity contribution in [2.75, 3.05) is 14.2 Å². The molecular weight excluding hydrogens is 292 g/mol. The molecule has 1 aromatic rings. The first-order valence-electron chi connectivity index (χ1n) is 8.48. The average Bonchev–Trinajstić information content (AvgIpc) is 2.59. The Morgan fingerprint density at radius 1 is 1.00 bits per heavy atom. The van der Waals surface area contributed by atoms with Crippen LogP contribution in [0.15, 0.2) is 6.07 Å². The molecule has 126 valence electrons. The van der Waals surface area contributed by atoms with Gasteiger partial charge in [-0.05, 0) is 61.3 Å². The quantitative estimate of drug-likeness (QED) is 0.590. The summed E-state index contributed by atoms with van der Waals surface area (Å²) in [5.41, 5.74) is 4.21. The van der Waals surface area contributed by atoms with E-state index in [1.54, 1.807) is 0 Å². The number of rotatable bonds is 6. The minimum atomic E-state index is -0.309. The molecule has 0 amide bonds. The van der Waals surface area contributed by atoms with Crippen molar-refractivity contribution < 1.29 is 19.1 Å². The molecular formula is C19H26O4. The maximum absolute atomic E-state index is 12.4. The first kappa shape index (κ1) is 17.5. The fourth-order valence-electron chi connectivity index (χ4n) is 3.42. The summed E-state index contributed by atoms with van der Waals surface area (Å²) in [5.74, 6) is -0.595. The first-order valence-corrected chi connectivity index (χ1v) is 8.48.